The molecule has 1 unspecified atom stereocenters. The van der Waals surface area contributed by atoms with Gasteiger partial charge in [0.05, 0.1) is 0 Å². The van der Waals surface area contributed by atoms with Crippen LogP contribution in [0.4, 0.5) is 0 Å². The highest BCUT2D eigenvalue weighted by atomic mass is 14.9. The number of nitrogens with one attached hydrogen (secondary N) is 1. The van der Waals surface area contributed by atoms with Crippen LogP contribution in [-0.4, -0.2) is 19.6 Å². The zero-order valence-corrected chi connectivity index (χ0v) is 6.65. The lowest BCUT2D eigenvalue weighted by Gasteiger charge is -2.18. The van der Waals surface area contributed by atoms with Gasteiger partial charge in [0.15, 0.2) is 0 Å². The maximum absolute atomic E-state index is 5.40. The van der Waals surface area contributed by atoms with E-state index in [0.717, 1.165) is 13.0 Å². The van der Waals surface area contributed by atoms with Crippen molar-refractivity contribution in [2.24, 2.45) is 11.7 Å². The maximum atomic E-state index is 5.40. The molecule has 0 fully saturated rings. The Labute approximate surface area is 57.8 Å². The van der Waals surface area contributed by atoms with Gasteiger partial charge < -0.3 is 11.1 Å². The molecule has 56 valence electrons. The van der Waals surface area contributed by atoms with Gasteiger partial charge in [0.25, 0.3) is 0 Å². The second kappa shape index (κ2) is 4.77. The minimum Gasteiger partial charge on any atom is -0.330 e. The molecular formula is C7H18N2. The van der Waals surface area contributed by atoms with Gasteiger partial charge in [-0.15, -0.1) is 0 Å². The Hall–Kier alpha value is -0.0800. The Kier molecular flexibility index (Phi) is 4.72. The van der Waals surface area contributed by atoms with Gasteiger partial charge in [-0.05, 0) is 25.9 Å². The van der Waals surface area contributed by atoms with Crippen LogP contribution in [0.15, 0.2) is 0 Å². The summed E-state index contributed by atoms with van der Waals surface area (Å²) in [5.41, 5.74) is 5.40. The Balaban J connectivity index is 3.41. The summed E-state index contributed by atoms with van der Waals surface area (Å²) >= 11 is 0. The van der Waals surface area contributed by atoms with Crippen molar-refractivity contribution in [2.45, 2.75) is 26.3 Å². The molecule has 0 aromatic rings. The third kappa shape index (κ3) is 3.49. The molecule has 0 amide bonds. The largest absolute Gasteiger partial charge is 0.330 e. The van der Waals surface area contributed by atoms with Crippen LogP contribution in [-0.2, 0) is 0 Å². The highest BCUT2D eigenvalue weighted by Crippen LogP contribution is 2.02. The standard InChI is InChI=1S/C7H18N2/c1-6(2)7(9-3)4-5-8/h6-7,9H,4-5,8H2,1-3H3. The van der Waals surface area contributed by atoms with Crippen LogP contribution in [0.25, 0.3) is 0 Å². The van der Waals surface area contributed by atoms with E-state index in [2.05, 4.69) is 19.2 Å². The van der Waals surface area contributed by atoms with E-state index in [9.17, 15) is 0 Å². The van der Waals surface area contributed by atoms with Gasteiger partial charge in [0.2, 0.25) is 0 Å². The molecule has 0 heterocycles. The van der Waals surface area contributed by atoms with Crippen LogP contribution in [0.5, 0.6) is 0 Å². The van der Waals surface area contributed by atoms with Crippen molar-refractivity contribution in [1.29, 1.82) is 0 Å². The topological polar surface area (TPSA) is 38.0 Å². The summed E-state index contributed by atoms with van der Waals surface area (Å²) in [7, 11) is 1.99. The number of nitrogens with two attached hydrogens (primary N) is 1. The van der Waals surface area contributed by atoms with Gasteiger partial charge in [-0.2, -0.15) is 0 Å². The zero-order valence-electron chi connectivity index (χ0n) is 6.65. The molecule has 0 rings (SSSR count). The molecule has 0 spiro atoms. The summed E-state index contributed by atoms with van der Waals surface area (Å²) in [6, 6.07) is 0.593. The molecule has 0 aromatic carbocycles. The smallest absolute Gasteiger partial charge is 0.00990 e. The average molecular weight is 130 g/mol. The van der Waals surface area contributed by atoms with Crippen LogP contribution in [0.1, 0.15) is 20.3 Å². The van der Waals surface area contributed by atoms with Crippen molar-refractivity contribution in [1.82, 2.24) is 5.32 Å². The van der Waals surface area contributed by atoms with Gasteiger partial charge in [0, 0.05) is 6.04 Å². The molecule has 0 aliphatic carbocycles. The van der Waals surface area contributed by atoms with Gasteiger partial charge >= 0.3 is 0 Å². The summed E-state index contributed by atoms with van der Waals surface area (Å²) in [5.74, 6) is 0.693. The molecule has 0 aromatic heterocycles. The first-order valence-electron chi connectivity index (χ1n) is 3.59. The maximum Gasteiger partial charge on any atom is 0.00990 e. The molecule has 0 aliphatic rings. The van der Waals surface area contributed by atoms with Crippen molar-refractivity contribution in [2.75, 3.05) is 13.6 Å². The predicted molar refractivity (Wildman–Crippen MR) is 41.4 cm³/mol. The molecule has 2 nitrogen and oxygen atoms in total. The van der Waals surface area contributed by atoms with E-state index >= 15 is 0 Å². The van der Waals surface area contributed by atoms with Gasteiger partial charge in [0.1, 0.15) is 0 Å². The number of hydrogen-bond donors (Lipinski definition) is 2. The second-order valence-electron chi connectivity index (χ2n) is 2.72. The molecule has 0 aliphatic heterocycles. The zero-order chi connectivity index (χ0) is 7.28. The van der Waals surface area contributed by atoms with E-state index in [4.69, 9.17) is 5.73 Å². The minimum absolute atomic E-state index is 0.593. The fraction of sp³-hybridized carbons (Fsp3) is 1.00. The Morgan fingerprint density at radius 1 is 1.44 bits per heavy atom. The highest BCUT2D eigenvalue weighted by molar-refractivity contribution is 4.67. The average Bonchev–Trinajstić information content (AvgIpc) is 1.82. The van der Waals surface area contributed by atoms with Crippen LogP contribution in [0.3, 0.4) is 0 Å². The summed E-state index contributed by atoms with van der Waals surface area (Å²) in [6.07, 6.45) is 1.08. The predicted octanol–water partition coefficient (Wildman–Crippen LogP) is 0.579. The van der Waals surface area contributed by atoms with Gasteiger partial charge in [-0.25, -0.2) is 0 Å². The molecule has 0 saturated heterocycles. The van der Waals surface area contributed by atoms with E-state index in [0.29, 0.717) is 12.0 Å². The summed E-state index contributed by atoms with van der Waals surface area (Å²) < 4.78 is 0. The highest BCUT2D eigenvalue weighted by Gasteiger charge is 2.07. The first-order valence-corrected chi connectivity index (χ1v) is 3.59. The fourth-order valence-corrected chi connectivity index (χ4v) is 0.991. The third-order valence-corrected chi connectivity index (χ3v) is 1.65. The first-order chi connectivity index (χ1) is 4.22. The first kappa shape index (κ1) is 8.92. The molecule has 3 N–H and O–H groups in total. The van der Waals surface area contributed by atoms with Crippen LogP contribution in [0.2, 0.25) is 0 Å². The van der Waals surface area contributed by atoms with Crippen molar-refractivity contribution >= 4 is 0 Å². The van der Waals surface area contributed by atoms with E-state index in [1.807, 2.05) is 7.05 Å². The van der Waals surface area contributed by atoms with E-state index < -0.39 is 0 Å². The monoisotopic (exact) mass is 130 g/mol. The third-order valence-electron chi connectivity index (χ3n) is 1.65. The Morgan fingerprint density at radius 3 is 2.11 bits per heavy atom. The van der Waals surface area contributed by atoms with E-state index in [1.54, 1.807) is 0 Å². The number of rotatable bonds is 4. The second-order valence-corrected chi connectivity index (χ2v) is 2.72. The molecule has 0 bridgehead atoms. The quantitative estimate of drug-likeness (QED) is 0.584. The van der Waals surface area contributed by atoms with Gasteiger partial charge in [-0.1, -0.05) is 13.8 Å². The summed E-state index contributed by atoms with van der Waals surface area (Å²) in [6.45, 7) is 5.19. The lowest BCUT2D eigenvalue weighted by molar-refractivity contribution is 0.407. The molecule has 2 heteroatoms. The van der Waals surface area contributed by atoms with Crippen LogP contribution in [0, 0.1) is 5.92 Å². The molecule has 1 atom stereocenters. The lowest BCUT2D eigenvalue weighted by atomic mass is 10.0. The normalized spacial score (nSPS) is 14.3. The fourth-order valence-electron chi connectivity index (χ4n) is 0.991. The molecule has 0 saturated carbocycles. The van der Waals surface area contributed by atoms with E-state index in [-0.39, 0.29) is 0 Å². The summed E-state index contributed by atoms with van der Waals surface area (Å²) in [4.78, 5) is 0. The molecular weight excluding hydrogens is 112 g/mol. The summed E-state index contributed by atoms with van der Waals surface area (Å²) in [5, 5.41) is 3.22. The molecule has 0 radical (unpaired) electrons. The molecule has 9 heavy (non-hydrogen) atoms. The van der Waals surface area contributed by atoms with Crippen LogP contribution < -0.4 is 11.1 Å². The van der Waals surface area contributed by atoms with Crippen LogP contribution >= 0.6 is 0 Å². The van der Waals surface area contributed by atoms with Crippen molar-refractivity contribution in [3.05, 3.63) is 0 Å². The van der Waals surface area contributed by atoms with Crippen molar-refractivity contribution < 1.29 is 0 Å². The van der Waals surface area contributed by atoms with E-state index in [1.165, 1.54) is 0 Å². The van der Waals surface area contributed by atoms with Crippen molar-refractivity contribution in [3.8, 4) is 0 Å². The Morgan fingerprint density at radius 2 is 2.00 bits per heavy atom. The number of hydrogen-bond acceptors (Lipinski definition) is 2. The van der Waals surface area contributed by atoms with Crippen molar-refractivity contribution in [3.63, 3.8) is 0 Å². The van der Waals surface area contributed by atoms with Gasteiger partial charge in [-0.3, -0.25) is 0 Å². The SMILES string of the molecule is CNC(CCN)C(C)C. The minimum atomic E-state index is 0.593. The Bertz CT molecular complexity index is 61.9. The lowest BCUT2D eigenvalue weighted by Crippen LogP contribution is -2.32.